The minimum absolute atomic E-state index is 0.0208. The maximum atomic E-state index is 13.8. The highest BCUT2D eigenvalue weighted by Crippen LogP contribution is 2.44. The van der Waals surface area contributed by atoms with Crippen LogP contribution in [0.2, 0.25) is 15.1 Å². The smallest absolute Gasteiger partial charge is 0.297 e. The Hall–Kier alpha value is -3.21. The number of amides is 1. The SMILES string of the molecule is O=C1C(=O)N(c2nnc(SCc3ccccc3Cl)s2)C(c2ccc(Cl)c(Cl)c2)C1C(=O)c1cc2ccccc2o1. The Morgan fingerprint density at radius 1 is 0.925 bits per heavy atom. The van der Waals surface area contributed by atoms with Gasteiger partial charge in [0, 0.05) is 16.2 Å². The molecule has 0 N–H and O–H groups in total. The standard InChI is InChI=1S/C28H16Cl3N3O4S2/c29-17-7-3-1-6-16(17)13-39-28-33-32-27(40-28)34-23(15-9-10-18(30)19(31)11-15)22(25(36)26(34)37)24(35)21-12-14-5-2-4-8-20(14)38-21/h1-12,22-23H,13H2. The van der Waals surface area contributed by atoms with E-state index in [1.54, 1.807) is 48.5 Å². The fourth-order valence-corrected chi connectivity index (χ4v) is 7.01. The number of Topliss-reactive ketones (excluding diaryl/α,β-unsaturated/α-hetero) is 2. The lowest BCUT2D eigenvalue weighted by atomic mass is 9.88. The van der Waals surface area contributed by atoms with Crippen molar-refractivity contribution in [2.24, 2.45) is 5.92 Å². The molecule has 0 spiro atoms. The van der Waals surface area contributed by atoms with Crippen LogP contribution in [-0.4, -0.2) is 27.7 Å². The molecule has 0 aliphatic carbocycles. The number of carbonyl (C=O) groups excluding carboxylic acids is 3. The fourth-order valence-electron chi connectivity index (χ4n) is 4.55. The molecule has 3 aromatic carbocycles. The first kappa shape index (κ1) is 27.0. The summed E-state index contributed by atoms with van der Waals surface area (Å²) in [6, 6.07) is 19.8. The van der Waals surface area contributed by atoms with E-state index in [0.29, 0.717) is 36.7 Å². The van der Waals surface area contributed by atoms with E-state index < -0.39 is 29.4 Å². The van der Waals surface area contributed by atoms with E-state index in [1.165, 1.54) is 16.7 Å². The highest BCUT2D eigenvalue weighted by Gasteiger charge is 2.54. The average molecular weight is 629 g/mol. The molecule has 0 saturated carbocycles. The van der Waals surface area contributed by atoms with Gasteiger partial charge in [0.2, 0.25) is 16.7 Å². The van der Waals surface area contributed by atoms with Crippen LogP contribution in [-0.2, 0) is 15.3 Å². The zero-order valence-electron chi connectivity index (χ0n) is 20.2. The zero-order chi connectivity index (χ0) is 28.0. The highest BCUT2D eigenvalue weighted by molar-refractivity contribution is 8.00. The summed E-state index contributed by atoms with van der Waals surface area (Å²) in [7, 11) is 0. The quantitative estimate of drug-likeness (QED) is 0.0600. The summed E-state index contributed by atoms with van der Waals surface area (Å²) < 4.78 is 6.33. The molecule has 3 heterocycles. The first-order valence-electron chi connectivity index (χ1n) is 11.9. The Kier molecular flexibility index (Phi) is 7.41. The second kappa shape index (κ2) is 11.0. The lowest BCUT2D eigenvalue weighted by molar-refractivity contribution is -0.135. The molecule has 1 fully saturated rings. The fraction of sp³-hybridized carbons (Fsp3) is 0.107. The first-order valence-corrected chi connectivity index (χ1v) is 14.8. The third-order valence-corrected chi connectivity index (χ3v) is 9.67. The number of carbonyl (C=O) groups is 3. The second-order valence-corrected chi connectivity index (χ2v) is 12.3. The van der Waals surface area contributed by atoms with Gasteiger partial charge in [-0.1, -0.05) is 100 Å². The number of nitrogens with zero attached hydrogens (tertiary/aromatic N) is 3. The number of thioether (sulfide) groups is 1. The Bertz CT molecular complexity index is 1770. The molecule has 1 saturated heterocycles. The molecule has 1 aliphatic rings. The lowest BCUT2D eigenvalue weighted by Gasteiger charge is -2.24. The van der Waals surface area contributed by atoms with Gasteiger partial charge >= 0.3 is 0 Å². The summed E-state index contributed by atoms with van der Waals surface area (Å²) in [4.78, 5) is 41.9. The summed E-state index contributed by atoms with van der Waals surface area (Å²) in [6.07, 6.45) is 0. The van der Waals surface area contributed by atoms with Crippen molar-refractivity contribution in [3.63, 3.8) is 0 Å². The van der Waals surface area contributed by atoms with Crippen LogP contribution in [0.15, 0.2) is 81.6 Å². The van der Waals surface area contributed by atoms with Gasteiger partial charge in [0.1, 0.15) is 11.5 Å². The molecule has 40 heavy (non-hydrogen) atoms. The van der Waals surface area contributed by atoms with Gasteiger partial charge in [-0.15, -0.1) is 10.2 Å². The summed E-state index contributed by atoms with van der Waals surface area (Å²) in [6.45, 7) is 0. The normalized spacial score (nSPS) is 17.2. The number of hydrogen-bond acceptors (Lipinski definition) is 8. The number of furan rings is 1. The molecule has 5 aromatic rings. The molecule has 2 atom stereocenters. The largest absolute Gasteiger partial charge is 0.453 e. The van der Waals surface area contributed by atoms with Crippen molar-refractivity contribution in [2.75, 3.05) is 4.90 Å². The number of hydrogen-bond donors (Lipinski definition) is 0. The van der Waals surface area contributed by atoms with Gasteiger partial charge in [0.05, 0.1) is 16.1 Å². The van der Waals surface area contributed by atoms with Crippen LogP contribution < -0.4 is 4.90 Å². The Labute approximate surface area is 251 Å². The van der Waals surface area contributed by atoms with E-state index >= 15 is 0 Å². The van der Waals surface area contributed by atoms with Crippen LogP contribution in [0, 0.1) is 5.92 Å². The second-order valence-electron chi connectivity index (χ2n) is 8.88. The zero-order valence-corrected chi connectivity index (χ0v) is 24.1. The number of fused-ring (bicyclic) bond motifs is 1. The minimum Gasteiger partial charge on any atom is -0.453 e. The number of rotatable bonds is 7. The van der Waals surface area contributed by atoms with Crippen LogP contribution in [0.25, 0.3) is 11.0 Å². The van der Waals surface area contributed by atoms with Crippen molar-refractivity contribution in [1.29, 1.82) is 0 Å². The molecule has 1 amide bonds. The monoisotopic (exact) mass is 627 g/mol. The van der Waals surface area contributed by atoms with E-state index in [9.17, 15) is 14.4 Å². The van der Waals surface area contributed by atoms with Gasteiger partial charge in [-0.25, -0.2) is 0 Å². The third kappa shape index (κ3) is 4.93. The molecule has 0 radical (unpaired) electrons. The molecule has 12 heteroatoms. The molecule has 1 aliphatic heterocycles. The van der Waals surface area contributed by atoms with Gasteiger partial charge in [-0.2, -0.15) is 0 Å². The van der Waals surface area contributed by atoms with Crippen LogP contribution >= 0.6 is 57.9 Å². The first-order chi connectivity index (χ1) is 19.3. The van der Waals surface area contributed by atoms with E-state index in [2.05, 4.69) is 10.2 Å². The van der Waals surface area contributed by atoms with Gasteiger partial charge in [-0.05, 0) is 41.5 Å². The summed E-state index contributed by atoms with van der Waals surface area (Å²) in [5, 5.41) is 10.4. The number of aromatic nitrogens is 2. The van der Waals surface area contributed by atoms with E-state index in [-0.39, 0.29) is 15.9 Å². The summed E-state index contributed by atoms with van der Waals surface area (Å²) in [5.41, 5.74) is 1.86. The van der Waals surface area contributed by atoms with Gasteiger partial charge in [0.15, 0.2) is 10.1 Å². The molecular weight excluding hydrogens is 613 g/mol. The lowest BCUT2D eigenvalue weighted by Crippen LogP contribution is -2.30. The predicted molar refractivity (Wildman–Crippen MR) is 157 cm³/mol. The molecule has 0 bridgehead atoms. The number of anilines is 1. The number of ketones is 2. The van der Waals surface area contributed by atoms with Gasteiger partial charge in [-0.3, -0.25) is 19.3 Å². The van der Waals surface area contributed by atoms with Gasteiger partial charge < -0.3 is 4.42 Å². The van der Waals surface area contributed by atoms with Crippen LogP contribution in [0.3, 0.4) is 0 Å². The Morgan fingerprint density at radius 3 is 2.48 bits per heavy atom. The van der Waals surface area contributed by atoms with Crippen LogP contribution in [0.4, 0.5) is 5.13 Å². The topological polar surface area (TPSA) is 93.4 Å². The third-order valence-electron chi connectivity index (χ3n) is 6.45. The van der Waals surface area contributed by atoms with E-state index in [1.807, 2.05) is 24.3 Å². The molecule has 200 valence electrons. The van der Waals surface area contributed by atoms with Crippen molar-refractivity contribution < 1.29 is 18.8 Å². The van der Waals surface area contributed by atoms with Crippen molar-refractivity contribution in [2.45, 2.75) is 16.1 Å². The van der Waals surface area contributed by atoms with Crippen molar-refractivity contribution in [3.05, 3.63) is 105 Å². The Morgan fingerprint density at radius 2 is 1.70 bits per heavy atom. The van der Waals surface area contributed by atoms with E-state index in [0.717, 1.165) is 16.9 Å². The molecular formula is C28H16Cl3N3O4S2. The van der Waals surface area contributed by atoms with Gasteiger partial charge in [0.25, 0.3) is 5.91 Å². The maximum Gasteiger partial charge on any atom is 0.297 e. The predicted octanol–water partition coefficient (Wildman–Crippen LogP) is 7.69. The van der Waals surface area contributed by atoms with Crippen molar-refractivity contribution in [3.8, 4) is 0 Å². The minimum atomic E-state index is -1.39. The highest BCUT2D eigenvalue weighted by atomic mass is 35.5. The molecule has 2 aromatic heterocycles. The van der Waals surface area contributed by atoms with Crippen molar-refractivity contribution in [1.82, 2.24) is 10.2 Å². The van der Waals surface area contributed by atoms with E-state index in [4.69, 9.17) is 39.2 Å². The number of para-hydroxylation sites is 1. The summed E-state index contributed by atoms with van der Waals surface area (Å²) >= 11 is 21.3. The Balaban J connectivity index is 1.38. The van der Waals surface area contributed by atoms with Crippen LogP contribution in [0.1, 0.15) is 27.7 Å². The molecule has 6 rings (SSSR count). The maximum absolute atomic E-state index is 13.8. The van der Waals surface area contributed by atoms with Crippen molar-refractivity contribution >= 4 is 91.5 Å². The number of benzene rings is 3. The summed E-state index contributed by atoms with van der Waals surface area (Å²) in [5.74, 6) is -3.25. The average Bonchev–Trinajstić information content (AvgIpc) is 3.66. The molecule has 2 unspecified atom stereocenters. The van der Waals surface area contributed by atoms with Crippen LogP contribution in [0.5, 0.6) is 0 Å². The number of halogens is 3. The molecule has 7 nitrogen and oxygen atoms in total.